The van der Waals surface area contributed by atoms with E-state index in [0.29, 0.717) is 0 Å². The second-order valence-corrected chi connectivity index (χ2v) is 2.85. The first-order valence-electron chi connectivity index (χ1n) is 4.01. The average Bonchev–Trinajstić information content (AvgIpc) is 2.25. The minimum Gasteiger partial charge on any atom is -0.204 e. The number of hydrogen-bond acceptors (Lipinski definition) is 2. The lowest BCUT2D eigenvalue weighted by atomic mass is 10.0. The highest BCUT2D eigenvalue weighted by Gasteiger charge is 2.16. The molecule has 1 aromatic rings. The minimum absolute atomic E-state index is 0.179. The van der Waals surface area contributed by atoms with Gasteiger partial charge in [-0.05, 0) is 11.6 Å². The molecule has 76 valence electrons. The molecule has 0 atom stereocenters. The van der Waals surface area contributed by atoms with Crippen LogP contribution in [0.3, 0.4) is 0 Å². The summed E-state index contributed by atoms with van der Waals surface area (Å²) >= 11 is 0. The third-order valence-corrected chi connectivity index (χ3v) is 1.85. The highest BCUT2D eigenvalue weighted by molar-refractivity contribution is 5.23. The van der Waals surface area contributed by atoms with E-state index < -0.39 is 23.4 Å². The van der Waals surface area contributed by atoms with Crippen LogP contribution in [0.4, 0.5) is 13.2 Å². The number of halogens is 3. The topological polar surface area (TPSA) is 47.6 Å². The molecule has 0 N–H and O–H groups in total. The van der Waals surface area contributed by atoms with E-state index in [4.69, 9.17) is 10.5 Å². The van der Waals surface area contributed by atoms with Crippen LogP contribution in [0.2, 0.25) is 0 Å². The monoisotopic (exact) mass is 210 g/mol. The van der Waals surface area contributed by atoms with E-state index in [1.54, 1.807) is 12.1 Å². The molecule has 0 aliphatic rings. The third-order valence-electron chi connectivity index (χ3n) is 1.85. The van der Waals surface area contributed by atoms with Gasteiger partial charge in [0, 0.05) is 6.42 Å². The predicted octanol–water partition coefficient (Wildman–Crippen LogP) is 2.31. The van der Waals surface area contributed by atoms with Crippen molar-refractivity contribution in [2.45, 2.75) is 6.42 Å². The van der Waals surface area contributed by atoms with Crippen molar-refractivity contribution in [3.63, 3.8) is 0 Å². The van der Waals surface area contributed by atoms with E-state index >= 15 is 0 Å². The summed E-state index contributed by atoms with van der Waals surface area (Å²) in [6, 6.07) is 5.02. The molecule has 0 saturated heterocycles. The van der Waals surface area contributed by atoms with Gasteiger partial charge in [0.1, 0.15) is 5.92 Å². The van der Waals surface area contributed by atoms with E-state index in [1.165, 1.54) is 0 Å². The fourth-order valence-electron chi connectivity index (χ4n) is 1.06. The molecule has 0 spiro atoms. The Morgan fingerprint density at radius 3 is 2.20 bits per heavy atom. The molecular formula is C10H5F3N2. The summed E-state index contributed by atoms with van der Waals surface area (Å²) in [6.45, 7) is 0. The van der Waals surface area contributed by atoms with Gasteiger partial charge < -0.3 is 0 Å². The molecule has 5 heteroatoms. The van der Waals surface area contributed by atoms with Crippen molar-refractivity contribution >= 4 is 0 Å². The molecule has 0 saturated carbocycles. The lowest BCUT2D eigenvalue weighted by Gasteiger charge is -2.04. The van der Waals surface area contributed by atoms with Crippen LogP contribution in [-0.4, -0.2) is 0 Å². The van der Waals surface area contributed by atoms with Gasteiger partial charge >= 0.3 is 0 Å². The van der Waals surface area contributed by atoms with E-state index in [1.807, 2.05) is 0 Å². The van der Waals surface area contributed by atoms with Crippen LogP contribution >= 0.6 is 0 Å². The van der Waals surface area contributed by atoms with Gasteiger partial charge in [-0.3, -0.25) is 0 Å². The maximum absolute atomic E-state index is 13.1. The van der Waals surface area contributed by atoms with Crippen LogP contribution < -0.4 is 0 Å². The van der Waals surface area contributed by atoms with Crippen molar-refractivity contribution in [1.82, 2.24) is 0 Å². The second kappa shape index (κ2) is 4.47. The maximum atomic E-state index is 13.1. The fraction of sp³-hybridized carbons (Fsp3) is 0.200. The van der Waals surface area contributed by atoms with Crippen LogP contribution in [0, 0.1) is 46.0 Å². The van der Waals surface area contributed by atoms with Crippen molar-refractivity contribution in [1.29, 1.82) is 10.5 Å². The van der Waals surface area contributed by atoms with Crippen LogP contribution in [0.1, 0.15) is 5.56 Å². The van der Waals surface area contributed by atoms with Gasteiger partial charge in [0.05, 0.1) is 12.1 Å². The first-order valence-corrected chi connectivity index (χ1v) is 4.01. The van der Waals surface area contributed by atoms with Crippen molar-refractivity contribution in [2.24, 2.45) is 5.92 Å². The summed E-state index contributed by atoms with van der Waals surface area (Å²) in [6.07, 6.45) is -0.254. The highest BCUT2D eigenvalue weighted by atomic mass is 19.2. The van der Waals surface area contributed by atoms with Gasteiger partial charge in [-0.1, -0.05) is 6.07 Å². The van der Waals surface area contributed by atoms with Gasteiger partial charge in [-0.15, -0.1) is 0 Å². The number of rotatable bonds is 2. The lowest BCUT2D eigenvalue weighted by molar-refractivity contribution is 0.439. The molecule has 0 bridgehead atoms. The molecule has 0 unspecified atom stereocenters. The fourth-order valence-corrected chi connectivity index (χ4v) is 1.06. The molecule has 0 aromatic heterocycles. The number of nitriles is 2. The zero-order valence-electron chi connectivity index (χ0n) is 7.47. The quantitative estimate of drug-likeness (QED) is 0.703. The van der Waals surface area contributed by atoms with Crippen molar-refractivity contribution < 1.29 is 13.2 Å². The predicted molar refractivity (Wildman–Crippen MR) is 44.7 cm³/mol. The molecule has 0 amide bonds. The van der Waals surface area contributed by atoms with E-state index in [2.05, 4.69) is 0 Å². The molecule has 2 nitrogen and oxygen atoms in total. The number of benzene rings is 1. The molecular weight excluding hydrogens is 205 g/mol. The summed E-state index contributed by atoms with van der Waals surface area (Å²) in [4.78, 5) is 0. The number of nitrogens with zero attached hydrogens (tertiary/aromatic N) is 2. The zero-order chi connectivity index (χ0) is 11.4. The Hall–Kier alpha value is -2.01. The lowest BCUT2D eigenvalue weighted by Crippen LogP contribution is -2.04. The first kappa shape index (κ1) is 11.1. The van der Waals surface area contributed by atoms with Crippen LogP contribution in [0.5, 0.6) is 0 Å². The largest absolute Gasteiger partial charge is 0.204 e. The first-order chi connectivity index (χ1) is 7.10. The molecule has 1 aromatic carbocycles. The summed E-state index contributed by atoms with van der Waals surface area (Å²) < 4.78 is 38.3. The molecule has 15 heavy (non-hydrogen) atoms. The van der Waals surface area contributed by atoms with E-state index in [0.717, 1.165) is 12.1 Å². The molecule has 0 aliphatic carbocycles. The molecule has 0 fully saturated rings. The van der Waals surface area contributed by atoms with Crippen molar-refractivity contribution in [2.75, 3.05) is 0 Å². The second-order valence-electron chi connectivity index (χ2n) is 2.85. The van der Waals surface area contributed by atoms with Crippen molar-refractivity contribution in [3.8, 4) is 12.1 Å². The standard InChI is InChI=1S/C10H5F3N2/c11-8-2-1-7(9(12)10(8)13)3-6(4-14)5-15/h1-2,6H,3H2. The Kier molecular flexibility index (Phi) is 3.30. The van der Waals surface area contributed by atoms with Crippen LogP contribution in [-0.2, 0) is 6.42 Å². The van der Waals surface area contributed by atoms with Gasteiger partial charge in [0.15, 0.2) is 17.5 Å². The van der Waals surface area contributed by atoms with Gasteiger partial charge in [0.25, 0.3) is 0 Å². The smallest absolute Gasteiger partial charge is 0.194 e. The van der Waals surface area contributed by atoms with Crippen molar-refractivity contribution in [3.05, 3.63) is 35.1 Å². The normalized spacial score (nSPS) is 9.73. The summed E-state index contributed by atoms with van der Waals surface area (Å²) in [5, 5.41) is 16.9. The van der Waals surface area contributed by atoms with E-state index in [-0.39, 0.29) is 12.0 Å². The van der Waals surface area contributed by atoms with Crippen LogP contribution in [0.25, 0.3) is 0 Å². The summed E-state index contributed by atoms with van der Waals surface area (Å²) in [7, 11) is 0. The van der Waals surface area contributed by atoms with Crippen LogP contribution in [0.15, 0.2) is 12.1 Å². The Bertz CT molecular complexity index is 443. The Morgan fingerprint density at radius 2 is 1.67 bits per heavy atom. The van der Waals surface area contributed by atoms with Gasteiger partial charge in [-0.2, -0.15) is 10.5 Å². The van der Waals surface area contributed by atoms with Gasteiger partial charge in [-0.25, -0.2) is 13.2 Å². The zero-order valence-corrected chi connectivity index (χ0v) is 7.47. The average molecular weight is 210 g/mol. The third kappa shape index (κ3) is 2.26. The Labute approximate surface area is 84.2 Å². The Morgan fingerprint density at radius 1 is 1.07 bits per heavy atom. The Balaban J connectivity index is 3.04. The van der Waals surface area contributed by atoms with Gasteiger partial charge in [0.2, 0.25) is 0 Å². The highest BCUT2D eigenvalue weighted by Crippen LogP contribution is 2.17. The SMILES string of the molecule is N#CC(C#N)Cc1ccc(F)c(F)c1F. The number of hydrogen-bond donors (Lipinski definition) is 0. The maximum Gasteiger partial charge on any atom is 0.194 e. The molecule has 0 radical (unpaired) electrons. The molecule has 0 heterocycles. The molecule has 0 aliphatic heterocycles. The summed E-state index contributed by atoms with van der Waals surface area (Å²) in [5.41, 5.74) is -0.179. The summed E-state index contributed by atoms with van der Waals surface area (Å²) in [5.74, 6) is -5.28. The van der Waals surface area contributed by atoms with E-state index in [9.17, 15) is 13.2 Å². The minimum atomic E-state index is -1.58. The molecule has 1 rings (SSSR count).